The molecule has 0 aromatic heterocycles. The molecule has 0 fully saturated rings. The molecule has 1 heterocycles. The van der Waals surface area contributed by atoms with E-state index < -0.39 is 0 Å². The average molecular weight is 477 g/mol. The van der Waals surface area contributed by atoms with Crippen LogP contribution in [0, 0.1) is 6.92 Å². The molecule has 21 heavy (non-hydrogen) atoms. The Kier molecular flexibility index (Phi) is 4.62. The third-order valence-corrected chi connectivity index (χ3v) is 5.62. The third-order valence-electron chi connectivity index (χ3n) is 3.45. The number of aryl methyl sites for hydroxylation is 1. The van der Waals surface area contributed by atoms with E-state index in [0.717, 1.165) is 26.0 Å². The maximum atomic E-state index is 5.68. The van der Waals surface area contributed by atoms with Crippen molar-refractivity contribution in [3.8, 4) is 11.5 Å². The van der Waals surface area contributed by atoms with E-state index in [9.17, 15) is 0 Å². The summed E-state index contributed by atoms with van der Waals surface area (Å²) in [5.41, 5.74) is 3.59. The van der Waals surface area contributed by atoms with Crippen LogP contribution < -0.4 is 9.47 Å². The van der Waals surface area contributed by atoms with E-state index in [2.05, 4.69) is 72.9 Å². The van der Waals surface area contributed by atoms with Crippen LogP contribution in [-0.4, -0.2) is 13.2 Å². The zero-order valence-corrected chi connectivity index (χ0v) is 16.1. The van der Waals surface area contributed by atoms with Crippen molar-refractivity contribution in [1.82, 2.24) is 0 Å². The second kappa shape index (κ2) is 6.31. The first kappa shape index (κ1) is 15.4. The summed E-state index contributed by atoms with van der Waals surface area (Å²) in [5.74, 6) is 1.60. The van der Waals surface area contributed by atoms with Crippen LogP contribution in [0.1, 0.15) is 21.5 Å². The van der Waals surface area contributed by atoms with Crippen LogP contribution in [0.2, 0.25) is 0 Å². The molecule has 1 aliphatic rings. The first-order valence-corrected chi connectivity index (χ1v) is 9.05. The van der Waals surface area contributed by atoms with E-state index in [1.54, 1.807) is 0 Å². The number of alkyl halides is 1. The van der Waals surface area contributed by atoms with Crippen LogP contribution in [0.5, 0.6) is 11.5 Å². The van der Waals surface area contributed by atoms with Gasteiger partial charge in [-0.15, -0.1) is 0 Å². The van der Waals surface area contributed by atoms with Crippen LogP contribution >= 0.6 is 47.8 Å². The number of ether oxygens (including phenoxy) is 2. The van der Waals surface area contributed by atoms with Crippen molar-refractivity contribution >= 4 is 47.8 Å². The molecule has 2 aromatic carbocycles. The zero-order chi connectivity index (χ0) is 15.0. The highest BCUT2D eigenvalue weighted by atomic mass is 79.9. The van der Waals surface area contributed by atoms with Crippen LogP contribution in [0.4, 0.5) is 0 Å². The topological polar surface area (TPSA) is 18.5 Å². The van der Waals surface area contributed by atoms with Crippen molar-refractivity contribution in [3.63, 3.8) is 0 Å². The molecule has 3 rings (SSSR count). The first-order valence-electron chi connectivity index (χ1n) is 6.55. The molecule has 5 heteroatoms. The molecule has 0 N–H and O–H groups in total. The molecule has 0 aliphatic carbocycles. The molecular formula is C16H13Br3O2. The predicted octanol–water partition coefficient (Wildman–Crippen LogP) is 5.78. The summed E-state index contributed by atoms with van der Waals surface area (Å²) in [6.45, 7) is 3.31. The van der Waals surface area contributed by atoms with Gasteiger partial charge in [-0.2, -0.15) is 0 Å². The van der Waals surface area contributed by atoms with Crippen LogP contribution in [-0.2, 0) is 0 Å². The van der Waals surface area contributed by atoms with Gasteiger partial charge in [-0.25, -0.2) is 0 Å². The Balaban J connectivity index is 2.05. The fourth-order valence-corrected chi connectivity index (χ4v) is 4.44. The van der Waals surface area contributed by atoms with Gasteiger partial charge in [0.15, 0.2) is 11.5 Å². The lowest BCUT2D eigenvalue weighted by atomic mass is 10.00. The summed E-state index contributed by atoms with van der Waals surface area (Å²) >= 11 is 11.0. The van der Waals surface area contributed by atoms with Gasteiger partial charge in [-0.05, 0) is 47.9 Å². The minimum Gasteiger partial charge on any atom is -0.486 e. The lowest BCUT2D eigenvalue weighted by molar-refractivity contribution is 0.171. The Morgan fingerprint density at radius 1 is 0.952 bits per heavy atom. The van der Waals surface area contributed by atoms with Gasteiger partial charge in [0.2, 0.25) is 0 Å². The number of rotatable bonds is 2. The Labute approximate surface area is 149 Å². The Morgan fingerprint density at radius 2 is 1.62 bits per heavy atom. The van der Waals surface area contributed by atoms with Crippen molar-refractivity contribution in [1.29, 1.82) is 0 Å². The molecule has 1 unspecified atom stereocenters. The average Bonchev–Trinajstić information content (AvgIpc) is 2.48. The van der Waals surface area contributed by atoms with Crippen molar-refractivity contribution in [3.05, 3.63) is 56.0 Å². The minimum atomic E-state index is 0.0835. The van der Waals surface area contributed by atoms with E-state index in [0.29, 0.717) is 13.2 Å². The summed E-state index contributed by atoms with van der Waals surface area (Å²) in [4.78, 5) is 0.0835. The highest BCUT2D eigenvalue weighted by Crippen LogP contribution is 2.43. The van der Waals surface area contributed by atoms with E-state index in [1.807, 2.05) is 12.1 Å². The molecule has 0 spiro atoms. The Hall–Kier alpha value is -0.520. The number of hydrogen-bond acceptors (Lipinski definition) is 2. The molecule has 0 saturated heterocycles. The van der Waals surface area contributed by atoms with Crippen LogP contribution in [0.25, 0.3) is 0 Å². The van der Waals surface area contributed by atoms with Crippen molar-refractivity contribution < 1.29 is 9.47 Å². The van der Waals surface area contributed by atoms with Gasteiger partial charge in [0.25, 0.3) is 0 Å². The predicted molar refractivity (Wildman–Crippen MR) is 94.8 cm³/mol. The summed E-state index contributed by atoms with van der Waals surface area (Å²) < 4.78 is 13.4. The number of hydrogen-bond donors (Lipinski definition) is 0. The standard InChI is InChI=1S/C16H13Br3O2/c1-9-2-3-10(17)6-11(9)16(19)12-7-14-15(8-13(12)18)21-5-4-20-14/h2-3,6-8,16H,4-5H2,1H3. The molecule has 0 bridgehead atoms. The fraction of sp³-hybridized carbons (Fsp3) is 0.250. The SMILES string of the molecule is Cc1ccc(Br)cc1C(Br)c1cc2c(cc1Br)OCCO2. The second-order valence-corrected chi connectivity index (χ2v) is 7.57. The van der Waals surface area contributed by atoms with E-state index in [-0.39, 0.29) is 4.83 Å². The van der Waals surface area contributed by atoms with E-state index in [1.165, 1.54) is 11.1 Å². The van der Waals surface area contributed by atoms with Gasteiger partial charge in [0, 0.05) is 8.95 Å². The van der Waals surface area contributed by atoms with Gasteiger partial charge in [0.05, 0.1) is 4.83 Å². The van der Waals surface area contributed by atoms with E-state index in [4.69, 9.17) is 9.47 Å². The summed E-state index contributed by atoms with van der Waals surface area (Å²) in [5, 5.41) is 0. The van der Waals surface area contributed by atoms with Crippen LogP contribution in [0.3, 0.4) is 0 Å². The fourth-order valence-electron chi connectivity index (χ4n) is 2.33. The molecule has 0 saturated carbocycles. The highest BCUT2D eigenvalue weighted by Gasteiger charge is 2.21. The molecule has 0 amide bonds. The molecule has 1 aliphatic heterocycles. The van der Waals surface area contributed by atoms with Gasteiger partial charge in [-0.1, -0.05) is 53.9 Å². The van der Waals surface area contributed by atoms with Gasteiger partial charge < -0.3 is 9.47 Å². The smallest absolute Gasteiger partial charge is 0.162 e. The monoisotopic (exact) mass is 474 g/mol. The van der Waals surface area contributed by atoms with Crippen molar-refractivity contribution in [2.24, 2.45) is 0 Å². The molecule has 2 nitrogen and oxygen atoms in total. The molecule has 0 radical (unpaired) electrons. The lowest BCUT2D eigenvalue weighted by Gasteiger charge is -2.22. The maximum absolute atomic E-state index is 5.68. The Morgan fingerprint density at radius 3 is 2.33 bits per heavy atom. The van der Waals surface area contributed by atoms with Crippen LogP contribution in [0.15, 0.2) is 39.3 Å². The van der Waals surface area contributed by atoms with Gasteiger partial charge >= 0.3 is 0 Å². The highest BCUT2D eigenvalue weighted by molar-refractivity contribution is 9.11. The Bertz CT molecular complexity index is 685. The summed E-state index contributed by atoms with van der Waals surface area (Å²) in [6, 6.07) is 10.3. The molecule has 110 valence electrons. The molecule has 2 aromatic rings. The summed E-state index contributed by atoms with van der Waals surface area (Å²) in [7, 11) is 0. The normalized spacial score (nSPS) is 14.9. The van der Waals surface area contributed by atoms with E-state index >= 15 is 0 Å². The minimum absolute atomic E-state index is 0.0835. The summed E-state index contributed by atoms with van der Waals surface area (Å²) in [6.07, 6.45) is 0. The first-order chi connectivity index (χ1) is 10.1. The van der Waals surface area contributed by atoms with Crippen molar-refractivity contribution in [2.45, 2.75) is 11.8 Å². The molecular weight excluding hydrogens is 464 g/mol. The maximum Gasteiger partial charge on any atom is 0.162 e. The quantitative estimate of drug-likeness (QED) is 0.512. The molecule has 1 atom stereocenters. The largest absolute Gasteiger partial charge is 0.486 e. The lowest BCUT2D eigenvalue weighted by Crippen LogP contribution is -2.15. The number of halogens is 3. The van der Waals surface area contributed by atoms with Gasteiger partial charge in [0.1, 0.15) is 13.2 Å². The zero-order valence-electron chi connectivity index (χ0n) is 11.3. The number of benzene rings is 2. The van der Waals surface area contributed by atoms with Crippen molar-refractivity contribution in [2.75, 3.05) is 13.2 Å². The third kappa shape index (κ3) is 3.15. The number of fused-ring (bicyclic) bond motifs is 1. The van der Waals surface area contributed by atoms with Gasteiger partial charge in [-0.3, -0.25) is 0 Å². The second-order valence-electron chi connectivity index (χ2n) is 4.88.